The first kappa shape index (κ1) is 29.4. The van der Waals surface area contributed by atoms with Crippen molar-refractivity contribution in [2.45, 2.75) is 44.5 Å². The van der Waals surface area contributed by atoms with Crippen LogP contribution in [-0.2, 0) is 28.3 Å². The van der Waals surface area contributed by atoms with Crippen LogP contribution in [0.4, 0.5) is 0 Å². The lowest BCUT2D eigenvalue weighted by atomic mass is 10.0. The number of carbonyl (C=O) groups is 2. The first-order valence-electron chi connectivity index (χ1n) is 12.2. The van der Waals surface area contributed by atoms with Gasteiger partial charge in [0.25, 0.3) is 0 Å². The molecule has 0 aliphatic rings. The lowest BCUT2D eigenvalue weighted by molar-refractivity contribution is -0.139. The monoisotopic (exact) mass is 576 g/mol. The van der Waals surface area contributed by atoms with Crippen molar-refractivity contribution in [3.63, 3.8) is 0 Å². The number of amides is 2. The molecule has 0 fully saturated rings. The predicted molar refractivity (Wildman–Crippen MR) is 156 cm³/mol. The molecule has 1 N–H and O–H groups in total. The number of nitrogens with one attached hydrogen (secondary N) is 1. The van der Waals surface area contributed by atoms with Crippen LogP contribution in [0.15, 0.2) is 72.8 Å². The molecule has 0 aliphatic carbocycles. The molecule has 1 atom stereocenters. The Morgan fingerprint density at radius 3 is 2.35 bits per heavy atom. The largest absolute Gasteiger partial charge is 0.354 e. The Morgan fingerprint density at radius 1 is 0.919 bits per heavy atom. The van der Waals surface area contributed by atoms with Crippen molar-refractivity contribution in [2.75, 3.05) is 12.3 Å². The highest BCUT2D eigenvalue weighted by molar-refractivity contribution is 7.99. The van der Waals surface area contributed by atoms with E-state index < -0.39 is 6.04 Å². The first-order valence-corrected chi connectivity index (χ1v) is 14.5. The molecular weight excluding hydrogens is 547 g/mol. The van der Waals surface area contributed by atoms with Gasteiger partial charge in [-0.15, -0.1) is 11.8 Å². The van der Waals surface area contributed by atoms with Gasteiger partial charge < -0.3 is 10.2 Å². The Morgan fingerprint density at radius 2 is 1.65 bits per heavy atom. The number of unbranched alkanes of at least 4 members (excludes halogenated alkanes) is 1. The van der Waals surface area contributed by atoms with Crippen molar-refractivity contribution < 1.29 is 9.59 Å². The molecule has 3 rings (SSSR count). The second kappa shape index (κ2) is 15.3. The summed E-state index contributed by atoms with van der Waals surface area (Å²) in [6.07, 6.45) is 2.27. The van der Waals surface area contributed by atoms with Crippen molar-refractivity contribution in [3.05, 3.63) is 105 Å². The highest BCUT2D eigenvalue weighted by atomic mass is 35.5. The summed E-state index contributed by atoms with van der Waals surface area (Å²) in [5.41, 5.74) is 2.76. The van der Waals surface area contributed by atoms with Gasteiger partial charge in [0.15, 0.2) is 0 Å². The quantitative estimate of drug-likeness (QED) is 0.215. The van der Waals surface area contributed by atoms with Gasteiger partial charge in [-0.1, -0.05) is 96.7 Å². The number of hydrogen-bond donors (Lipinski definition) is 1. The van der Waals surface area contributed by atoms with E-state index in [-0.39, 0.29) is 24.1 Å². The van der Waals surface area contributed by atoms with E-state index in [1.54, 1.807) is 23.1 Å². The number of hydrogen-bond acceptors (Lipinski definition) is 3. The molecule has 0 unspecified atom stereocenters. The maximum absolute atomic E-state index is 13.7. The minimum Gasteiger partial charge on any atom is -0.354 e. The topological polar surface area (TPSA) is 49.4 Å². The zero-order chi connectivity index (χ0) is 26.6. The summed E-state index contributed by atoms with van der Waals surface area (Å²) in [5.74, 6) is 0.478. The number of rotatable bonds is 13. The normalized spacial score (nSPS) is 11.7. The van der Waals surface area contributed by atoms with Gasteiger partial charge >= 0.3 is 0 Å². The number of carbonyl (C=O) groups excluding carboxylic acids is 2. The van der Waals surface area contributed by atoms with E-state index in [4.69, 9.17) is 34.8 Å². The fourth-order valence-electron chi connectivity index (χ4n) is 3.86. The molecule has 4 nitrogen and oxygen atoms in total. The molecule has 3 aromatic carbocycles. The van der Waals surface area contributed by atoms with Gasteiger partial charge in [0.05, 0.1) is 5.75 Å². The smallest absolute Gasteiger partial charge is 0.243 e. The minimum atomic E-state index is -0.662. The molecule has 0 aliphatic heterocycles. The predicted octanol–water partition coefficient (Wildman–Crippen LogP) is 7.44. The van der Waals surface area contributed by atoms with Gasteiger partial charge in [-0.2, -0.15) is 0 Å². The fraction of sp³-hybridized carbons (Fsp3) is 0.310. The van der Waals surface area contributed by atoms with Crippen LogP contribution < -0.4 is 5.32 Å². The van der Waals surface area contributed by atoms with Crippen LogP contribution in [0.25, 0.3) is 0 Å². The van der Waals surface area contributed by atoms with Crippen molar-refractivity contribution in [1.29, 1.82) is 0 Å². The van der Waals surface area contributed by atoms with E-state index in [9.17, 15) is 9.59 Å². The molecule has 0 aromatic heterocycles. The molecule has 0 saturated heterocycles. The molecule has 3 aromatic rings. The Labute approximate surface area is 238 Å². The number of benzene rings is 3. The molecule has 0 spiro atoms. The maximum atomic E-state index is 13.7. The highest BCUT2D eigenvalue weighted by Gasteiger charge is 2.30. The van der Waals surface area contributed by atoms with Gasteiger partial charge in [0.1, 0.15) is 6.04 Å². The van der Waals surface area contributed by atoms with Crippen LogP contribution in [0.1, 0.15) is 36.5 Å². The third kappa shape index (κ3) is 9.57. The lowest BCUT2D eigenvalue weighted by Gasteiger charge is -2.31. The zero-order valence-electron chi connectivity index (χ0n) is 20.8. The third-order valence-corrected chi connectivity index (χ3v) is 7.63. The van der Waals surface area contributed by atoms with Crippen molar-refractivity contribution in [3.8, 4) is 0 Å². The van der Waals surface area contributed by atoms with Crippen LogP contribution in [0.3, 0.4) is 0 Å². The van der Waals surface area contributed by atoms with E-state index in [2.05, 4.69) is 12.2 Å². The summed E-state index contributed by atoms with van der Waals surface area (Å²) >= 11 is 20.0. The summed E-state index contributed by atoms with van der Waals surface area (Å²) < 4.78 is 0. The maximum Gasteiger partial charge on any atom is 0.243 e. The third-order valence-electron chi connectivity index (χ3n) is 5.84. The Balaban J connectivity index is 1.83. The Hall–Kier alpha value is -2.18. The first-order chi connectivity index (χ1) is 17.9. The molecule has 0 radical (unpaired) electrons. The zero-order valence-corrected chi connectivity index (χ0v) is 23.8. The number of nitrogens with zero attached hydrogens (tertiary/aromatic N) is 1. The molecule has 8 heteroatoms. The average molecular weight is 578 g/mol. The summed E-state index contributed by atoms with van der Waals surface area (Å²) in [7, 11) is 0. The van der Waals surface area contributed by atoms with Crippen molar-refractivity contribution in [2.24, 2.45) is 0 Å². The van der Waals surface area contributed by atoms with Crippen LogP contribution in [0.5, 0.6) is 0 Å². The lowest BCUT2D eigenvalue weighted by Crippen LogP contribution is -2.51. The van der Waals surface area contributed by atoms with E-state index in [1.165, 1.54) is 11.8 Å². The minimum absolute atomic E-state index is 0.123. The molecule has 0 bridgehead atoms. The average Bonchev–Trinajstić information content (AvgIpc) is 2.88. The van der Waals surface area contributed by atoms with Gasteiger partial charge in [-0.05, 0) is 47.4 Å². The van der Waals surface area contributed by atoms with Gasteiger partial charge in [0, 0.05) is 40.3 Å². The Kier molecular flexibility index (Phi) is 12.1. The Bertz CT molecular complexity index is 1180. The molecular formula is C29H31Cl3N2O2S. The molecule has 0 saturated carbocycles. The van der Waals surface area contributed by atoms with E-state index in [0.717, 1.165) is 29.5 Å². The van der Waals surface area contributed by atoms with Crippen molar-refractivity contribution in [1.82, 2.24) is 10.2 Å². The van der Waals surface area contributed by atoms with Crippen LogP contribution in [0.2, 0.25) is 15.1 Å². The standard InChI is InChI=1S/C29H31Cl3N2O2S/c1-2-3-14-33-29(36)27(16-21-8-5-4-6-9-21)34(18-22-10-7-11-24(30)15-22)28(35)20-37-19-23-12-13-25(31)17-26(23)32/h4-13,15,17,27H,2-3,14,16,18-20H2,1H3,(H,33,36)/t27-/m1/s1. The van der Waals surface area contributed by atoms with Gasteiger partial charge in [-0.3, -0.25) is 9.59 Å². The van der Waals surface area contributed by atoms with Crippen LogP contribution in [-0.4, -0.2) is 35.1 Å². The van der Waals surface area contributed by atoms with E-state index in [1.807, 2.05) is 54.6 Å². The summed E-state index contributed by atoms with van der Waals surface area (Å²) in [6, 6.07) is 21.9. The van der Waals surface area contributed by atoms with E-state index >= 15 is 0 Å². The summed E-state index contributed by atoms with van der Waals surface area (Å²) in [4.78, 5) is 28.8. The molecule has 0 heterocycles. The second-order valence-corrected chi connectivity index (χ2v) is 11.0. The van der Waals surface area contributed by atoms with Crippen LogP contribution >= 0.6 is 46.6 Å². The number of halogens is 3. The summed E-state index contributed by atoms with van der Waals surface area (Å²) in [5, 5.41) is 4.76. The van der Waals surface area contributed by atoms with Gasteiger partial charge in [-0.25, -0.2) is 0 Å². The molecule has 196 valence electrons. The van der Waals surface area contributed by atoms with Gasteiger partial charge in [0.2, 0.25) is 11.8 Å². The molecule has 37 heavy (non-hydrogen) atoms. The number of thioether (sulfide) groups is 1. The van der Waals surface area contributed by atoms with Crippen molar-refractivity contribution >= 4 is 58.4 Å². The van der Waals surface area contributed by atoms with E-state index in [0.29, 0.717) is 33.8 Å². The second-order valence-electron chi connectivity index (χ2n) is 8.73. The van der Waals surface area contributed by atoms with Crippen LogP contribution in [0, 0.1) is 0 Å². The fourth-order valence-corrected chi connectivity index (χ4v) is 5.54. The SMILES string of the molecule is CCCCNC(=O)[C@@H](Cc1ccccc1)N(Cc1cccc(Cl)c1)C(=O)CSCc1ccc(Cl)cc1Cl. The summed E-state index contributed by atoms with van der Waals surface area (Å²) in [6.45, 7) is 2.93. The highest BCUT2D eigenvalue weighted by Crippen LogP contribution is 2.25. The molecule has 2 amide bonds.